The summed E-state index contributed by atoms with van der Waals surface area (Å²) in [6.07, 6.45) is -3.63. The van der Waals surface area contributed by atoms with Crippen molar-refractivity contribution in [3.8, 4) is 5.75 Å². The summed E-state index contributed by atoms with van der Waals surface area (Å²) in [7, 11) is 1.47. The molecule has 0 unspecified atom stereocenters. The third-order valence-electron chi connectivity index (χ3n) is 3.49. The van der Waals surface area contributed by atoms with Gasteiger partial charge in [0.05, 0.1) is 12.1 Å². The van der Waals surface area contributed by atoms with E-state index < -0.39 is 29.9 Å². The summed E-state index contributed by atoms with van der Waals surface area (Å²) in [5, 5.41) is 2.36. The maximum absolute atomic E-state index is 12.4. The maximum Gasteiger partial charge on any atom is 0.422 e. The first-order valence-electron chi connectivity index (χ1n) is 7.45. The SMILES string of the molecule is CNC(=O)[C@@H](CC(=O)c1cc(OCC(F)(F)F)c(Cl)cn1)C(C)(C)C. The Balaban J connectivity index is 2.99. The minimum Gasteiger partial charge on any atom is -0.482 e. The summed E-state index contributed by atoms with van der Waals surface area (Å²) < 4.78 is 41.4. The van der Waals surface area contributed by atoms with E-state index in [0.29, 0.717) is 0 Å². The normalized spacial score (nSPS) is 13.3. The van der Waals surface area contributed by atoms with Gasteiger partial charge in [-0.3, -0.25) is 14.6 Å². The molecule has 1 amide bonds. The number of carbonyl (C=O) groups is 2. The van der Waals surface area contributed by atoms with Gasteiger partial charge in [0.25, 0.3) is 0 Å². The summed E-state index contributed by atoms with van der Waals surface area (Å²) >= 11 is 5.75. The first-order chi connectivity index (χ1) is 11.3. The summed E-state index contributed by atoms with van der Waals surface area (Å²) in [4.78, 5) is 28.3. The number of rotatable bonds is 6. The zero-order valence-electron chi connectivity index (χ0n) is 14.3. The Morgan fingerprint density at radius 2 is 1.92 bits per heavy atom. The lowest BCUT2D eigenvalue weighted by Gasteiger charge is -2.28. The zero-order chi connectivity index (χ0) is 19.4. The van der Waals surface area contributed by atoms with E-state index in [1.165, 1.54) is 7.05 Å². The Kier molecular flexibility index (Phi) is 6.82. The van der Waals surface area contributed by atoms with Gasteiger partial charge in [0, 0.05) is 19.5 Å². The third-order valence-corrected chi connectivity index (χ3v) is 3.78. The minimum atomic E-state index is -4.53. The molecule has 140 valence electrons. The molecule has 1 aromatic rings. The Labute approximate surface area is 148 Å². The Bertz CT molecular complexity index is 642. The molecular weight excluding hydrogens is 361 g/mol. The van der Waals surface area contributed by atoms with Crippen molar-refractivity contribution in [2.75, 3.05) is 13.7 Å². The Morgan fingerprint density at radius 1 is 1.32 bits per heavy atom. The fraction of sp³-hybridized carbons (Fsp3) is 0.562. The van der Waals surface area contributed by atoms with E-state index in [1.807, 2.05) is 20.8 Å². The van der Waals surface area contributed by atoms with Crippen LogP contribution in [0.1, 0.15) is 37.7 Å². The van der Waals surface area contributed by atoms with Crippen molar-refractivity contribution in [1.82, 2.24) is 10.3 Å². The number of ether oxygens (including phenoxy) is 1. The molecule has 0 fully saturated rings. The highest BCUT2D eigenvalue weighted by atomic mass is 35.5. The van der Waals surface area contributed by atoms with Crippen molar-refractivity contribution in [1.29, 1.82) is 0 Å². The molecule has 0 bridgehead atoms. The molecular formula is C16H20ClF3N2O3. The Morgan fingerprint density at radius 3 is 2.40 bits per heavy atom. The molecule has 9 heteroatoms. The molecule has 0 spiro atoms. The van der Waals surface area contributed by atoms with Crippen molar-refractivity contribution >= 4 is 23.3 Å². The van der Waals surface area contributed by atoms with Crippen LogP contribution in [0.3, 0.4) is 0 Å². The first-order valence-corrected chi connectivity index (χ1v) is 7.83. The van der Waals surface area contributed by atoms with Crippen LogP contribution in [0.25, 0.3) is 0 Å². The topological polar surface area (TPSA) is 68.3 Å². The lowest BCUT2D eigenvalue weighted by molar-refractivity contribution is -0.153. The summed E-state index contributed by atoms with van der Waals surface area (Å²) in [5.74, 6) is -1.70. The van der Waals surface area contributed by atoms with E-state index in [0.717, 1.165) is 12.3 Å². The van der Waals surface area contributed by atoms with Crippen molar-refractivity contribution in [2.45, 2.75) is 33.4 Å². The number of ketones is 1. The van der Waals surface area contributed by atoms with Crippen molar-refractivity contribution in [2.24, 2.45) is 11.3 Å². The standard InChI is InChI=1S/C16H20ClF3N2O3/c1-15(2,3)9(14(24)21-4)5-12(23)11-6-13(10(17)7-22-11)25-8-16(18,19)20/h6-7,9H,5,8H2,1-4H3,(H,21,24)/t9-/m1/s1. The van der Waals surface area contributed by atoms with Gasteiger partial charge < -0.3 is 10.1 Å². The zero-order valence-corrected chi connectivity index (χ0v) is 15.1. The molecule has 1 heterocycles. The minimum absolute atomic E-state index is 0.111. The fourth-order valence-electron chi connectivity index (χ4n) is 2.10. The fourth-order valence-corrected chi connectivity index (χ4v) is 2.26. The van der Waals surface area contributed by atoms with Gasteiger partial charge in [0.15, 0.2) is 12.4 Å². The second-order valence-electron chi connectivity index (χ2n) is 6.56. The molecule has 0 aromatic carbocycles. The molecule has 0 saturated carbocycles. The van der Waals surface area contributed by atoms with Crippen LogP contribution in [-0.4, -0.2) is 36.5 Å². The van der Waals surface area contributed by atoms with Gasteiger partial charge in [-0.1, -0.05) is 32.4 Å². The monoisotopic (exact) mass is 380 g/mol. The van der Waals surface area contributed by atoms with E-state index in [1.54, 1.807) is 0 Å². The highest BCUT2D eigenvalue weighted by Crippen LogP contribution is 2.31. The number of halogens is 4. The quantitative estimate of drug-likeness (QED) is 0.765. The predicted octanol–water partition coefficient (Wildman–Crippen LogP) is 3.66. The number of hydrogen-bond acceptors (Lipinski definition) is 4. The van der Waals surface area contributed by atoms with Crippen molar-refractivity contribution in [3.05, 3.63) is 23.0 Å². The van der Waals surface area contributed by atoms with Gasteiger partial charge in [0.2, 0.25) is 5.91 Å². The van der Waals surface area contributed by atoms with Crippen LogP contribution in [-0.2, 0) is 4.79 Å². The third kappa shape index (κ3) is 6.53. The van der Waals surface area contributed by atoms with Gasteiger partial charge in [0.1, 0.15) is 16.5 Å². The molecule has 0 aliphatic rings. The van der Waals surface area contributed by atoms with E-state index in [9.17, 15) is 22.8 Å². The highest BCUT2D eigenvalue weighted by Gasteiger charge is 2.33. The summed E-state index contributed by atoms with van der Waals surface area (Å²) in [6.45, 7) is 3.90. The number of pyridine rings is 1. The second-order valence-corrected chi connectivity index (χ2v) is 6.97. The molecule has 0 radical (unpaired) electrons. The van der Waals surface area contributed by atoms with E-state index in [-0.39, 0.29) is 28.8 Å². The number of Topliss-reactive ketones (excluding diaryl/α,β-unsaturated/α-hetero) is 1. The lowest BCUT2D eigenvalue weighted by atomic mass is 9.77. The number of alkyl halides is 3. The van der Waals surface area contributed by atoms with Crippen LogP contribution in [0.4, 0.5) is 13.2 Å². The van der Waals surface area contributed by atoms with Crippen LogP contribution < -0.4 is 10.1 Å². The summed E-state index contributed by atoms with van der Waals surface area (Å²) in [5.41, 5.74) is -0.600. The van der Waals surface area contributed by atoms with Gasteiger partial charge >= 0.3 is 6.18 Å². The highest BCUT2D eigenvalue weighted by molar-refractivity contribution is 6.32. The molecule has 1 rings (SSSR count). The van der Waals surface area contributed by atoms with E-state index in [2.05, 4.69) is 15.0 Å². The predicted molar refractivity (Wildman–Crippen MR) is 86.8 cm³/mol. The van der Waals surface area contributed by atoms with Gasteiger partial charge in [-0.15, -0.1) is 0 Å². The van der Waals surface area contributed by atoms with E-state index in [4.69, 9.17) is 11.6 Å². The average Bonchev–Trinajstić information content (AvgIpc) is 2.48. The maximum atomic E-state index is 12.4. The van der Waals surface area contributed by atoms with Gasteiger partial charge in [-0.25, -0.2) is 0 Å². The number of nitrogens with zero attached hydrogens (tertiary/aromatic N) is 1. The average molecular weight is 381 g/mol. The number of hydrogen-bond donors (Lipinski definition) is 1. The number of amides is 1. The number of carbonyl (C=O) groups excluding carboxylic acids is 2. The second kappa shape index (κ2) is 8.03. The molecule has 5 nitrogen and oxygen atoms in total. The van der Waals surface area contributed by atoms with Crippen LogP contribution in [0.15, 0.2) is 12.3 Å². The number of aromatic nitrogens is 1. The Hall–Kier alpha value is -1.83. The van der Waals surface area contributed by atoms with Gasteiger partial charge in [-0.05, 0) is 5.41 Å². The van der Waals surface area contributed by atoms with Crippen LogP contribution in [0, 0.1) is 11.3 Å². The lowest BCUT2D eigenvalue weighted by Crippen LogP contribution is -2.37. The van der Waals surface area contributed by atoms with Gasteiger partial charge in [-0.2, -0.15) is 13.2 Å². The number of nitrogens with one attached hydrogen (secondary N) is 1. The summed E-state index contributed by atoms with van der Waals surface area (Å²) in [6, 6.07) is 1.06. The smallest absolute Gasteiger partial charge is 0.422 e. The van der Waals surface area contributed by atoms with Crippen LogP contribution >= 0.6 is 11.6 Å². The molecule has 0 aliphatic carbocycles. The molecule has 1 N–H and O–H groups in total. The molecule has 0 aliphatic heterocycles. The van der Waals surface area contributed by atoms with Crippen LogP contribution in [0.2, 0.25) is 5.02 Å². The largest absolute Gasteiger partial charge is 0.482 e. The van der Waals surface area contributed by atoms with Crippen molar-refractivity contribution < 1.29 is 27.5 Å². The van der Waals surface area contributed by atoms with Crippen LogP contribution in [0.5, 0.6) is 5.75 Å². The molecule has 1 aromatic heterocycles. The molecule has 1 atom stereocenters. The first kappa shape index (κ1) is 21.2. The van der Waals surface area contributed by atoms with E-state index >= 15 is 0 Å². The molecule has 25 heavy (non-hydrogen) atoms. The van der Waals surface area contributed by atoms with Crippen molar-refractivity contribution in [3.63, 3.8) is 0 Å². The molecule has 0 saturated heterocycles.